The van der Waals surface area contributed by atoms with Crippen molar-refractivity contribution in [3.8, 4) is 0 Å². The van der Waals surface area contributed by atoms with Crippen LogP contribution >= 0.6 is 12.6 Å². The van der Waals surface area contributed by atoms with Gasteiger partial charge in [0.15, 0.2) is 0 Å². The molecule has 0 bridgehead atoms. The number of thiol groups is 1. The number of aliphatic hydroxyl groups is 1. The summed E-state index contributed by atoms with van der Waals surface area (Å²) in [5.41, 5.74) is 0. The number of nitrogens with one attached hydrogen (secondary N) is 2. The zero-order valence-corrected chi connectivity index (χ0v) is 9.56. The lowest BCUT2D eigenvalue weighted by Gasteiger charge is -2.04. The van der Waals surface area contributed by atoms with Gasteiger partial charge in [-0.3, -0.25) is 9.59 Å². The average molecular weight is 234 g/mol. The molecule has 5 nitrogen and oxygen atoms in total. The SMILES string of the molecule is O=C(CCCC(=O)NCCS)NCCO. The number of hydrogen-bond donors (Lipinski definition) is 4. The van der Waals surface area contributed by atoms with Crippen molar-refractivity contribution < 1.29 is 14.7 Å². The van der Waals surface area contributed by atoms with Crippen LogP contribution in [0.3, 0.4) is 0 Å². The number of aliphatic hydroxyl groups excluding tert-OH is 1. The molecule has 3 N–H and O–H groups in total. The van der Waals surface area contributed by atoms with E-state index in [0.717, 1.165) is 0 Å². The van der Waals surface area contributed by atoms with Crippen LogP contribution in [0.2, 0.25) is 0 Å². The molecule has 2 amide bonds. The minimum atomic E-state index is -0.133. The van der Waals surface area contributed by atoms with Gasteiger partial charge in [0.25, 0.3) is 0 Å². The molecule has 0 saturated carbocycles. The molecule has 0 heterocycles. The molecule has 0 aliphatic heterocycles. The van der Waals surface area contributed by atoms with Crippen molar-refractivity contribution in [2.75, 3.05) is 25.4 Å². The van der Waals surface area contributed by atoms with E-state index in [9.17, 15) is 9.59 Å². The predicted octanol–water partition coefficient (Wildman–Crippen LogP) is -0.689. The molecule has 0 aliphatic rings. The molecule has 0 spiro atoms. The number of carbonyl (C=O) groups is 2. The highest BCUT2D eigenvalue weighted by atomic mass is 32.1. The summed E-state index contributed by atoms with van der Waals surface area (Å²) < 4.78 is 0. The number of hydrogen-bond acceptors (Lipinski definition) is 4. The summed E-state index contributed by atoms with van der Waals surface area (Å²) in [5.74, 6) is 0.424. The smallest absolute Gasteiger partial charge is 0.220 e. The highest BCUT2D eigenvalue weighted by Crippen LogP contribution is 1.95. The van der Waals surface area contributed by atoms with E-state index in [1.807, 2.05) is 0 Å². The van der Waals surface area contributed by atoms with E-state index in [1.54, 1.807) is 0 Å². The molecular formula is C9H18N2O3S. The topological polar surface area (TPSA) is 78.4 Å². The van der Waals surface area contributed by atoms with Gasteiger partial charge in [0.2, 0.25) is 11.8 Å². The van der Waals surface area contributed by atoms with Crippen LogP contribution < -0.4 is 10.6 Å². The Balaban J connectivity index is 3.36. The summed E-state index contributed by atoms with van der Waals surface area (Å²) in [6, 6.07) is 0. The fourth-order valence-corrected chi connectivity index (χ4v) is 1.09. The van der Waals surface area contributed by atoms with Gasteiger partial charge in [-0.1, -0.05) is 0 Å². The Bertz CT molecular complexity index is 180. The molecule has 0 radical (unpaired) electrons. The van der Waals surface area contributed by atoms with Gasteiger partial charge in [-0.2, -0.15) is 12.6 Å². The van der Waals surface area contributed by atoms with Crippen LogP contribution in [-0.2, 0) is 9.59 Å². The number of rotatable bonds is 8. The van der Waals surface area contributed by atoms with E-state index >= 15 is 0 Å². The van der Waals surface area contributed by atoms with Gasteiger partial charge in [-0.25, -0.2) is 0 Å². The van der Waals surface area contributed by atoms with Crippen LogP contribution in [0.25, 0.3) is 0 Å². The van der Waals surface area contributed by atoms with E-state index in [4.69, 9.17) is 5.11 Å². The maximum atomic E-state index is 11.1. The van der Waals surface area contributed by atoms with Crippen LogP contribution in [0.4, 0.5) is 0 Å². The molecule has 0 fully saturated rings. The third-order valence-electron chi connectivity index (χ3n) is 1.68. The minimum absolute atomic E-state index is 0.0565. The molecule has 0 atom stereocenters. The Morgan fingerprint density at radius 2 is 1.60 bits per heavy atom. The summed E-state index contributed by atoms with van der Waals surface area (Å²) in [5, 5.41) is 13.6. The zero-order chi connectivity index (χ0) is 11.5. The maximum absolute atomic E-state index is 11.1. The first-order chi connectivity index (χ1) is 7.20. The summed E-state index contributed by atoms with van der Waals surface area (Å²) in [7, 11) is 0. The molecule has 0 aromatic heterocycles. The van der Waals surface area contributed by atoms with Crippen molar-refractivity contribution in [3.05, 3.63) is 0 Å². The van der Waals surface area contributed by atoms with Gasteiger partial charge in [-0.05, 0) is 6.42 Å². The lowest BCUT2D eigenvalue weighted by Crippen LogP contribution is -2.27. The van der Waals surface area contributed by atoms with Gasteiger partial charge in [0.1, 0.15) is 0 Å². The monoisotopic (exact) mass is 234 g/mol. The normalized spacial score (nSPS) is 9.73. The highest BCUT2D eigenvalue weighted by molar-refractivity contribution is 7.80. The third-order valence-corrected chi connectivity index (χ3v) is 1.90. The second-order valence-electron chi connectivity index (χ2n) is 3.00. The maximum Gasteiger partial charge on any atom is 0.220 e. The average Bonchev–Trinajstić information content (AvgIpc) is 2.23. The molecule has 0 unspecified atom stereocenters. The Labute approximate surface area is 95.0 Å². The van der Waals surface area contributed by atoms with Crippen molar-refractivity contribution in [1.29, 1.82) is 0 Å². The molecule has 6 heteroatoms. The van der Waals surface area contributed by atoms with Crippen molar-refractivity contribution in [2.24, 2.45) is 0 Å². The molecule has 0 aromatic carbocycles. The predicted molar refractivity (Wildman–Crippen MR) is 60.8 cm³/mol. The first-order valence-corrected chi connectivity index (χ1v) is 5.59. The van der Waals surface area contributed by atoms with Crippen molar-refractivity contribution in [1.82, 2.24) is 10.6 Å². The van der Waals surface area contributed by atoms with E-state index in [-0.39, 0.29) is 25.0 Å². The largest absolute Gasteiger partial charge is 0.395 e. The first kappa shape index (κ1) is 14.2. The summed E-state index contributed by atoms with van der Waals surface area (Å²) >= 11 is 3.95. The van der Waals surface area contributed by atoms with Crippen molar-refractivity contribution >= 4 is 24.4 Å². The molecular weight excluding hydrogens is 216 g/mol. The first-order valence-electron chi connectivity index (χ1n) is 4.95. The standard InChI is InChI=1S/C9H18N2O3S/c12-6-4-10-8(13)2-1-3-9(14)11-5-7-15/h12,15H,1-7H2,(H,10,13)(H,11,14). The molecule has 88 valence electrons. The molecule has 15 heavy (non-hydrogen) atoms. The number of amides is 2. The Hall–Kier alpha value is -0.750. The van der Waals surface area contributed by atoms with Crippen LogP contribution in [0.15, 0.2) is 0 Å². The van der Waals surface area contributed by atoms with Crippen LogP contribution in [-0.4, -0.2) is 42.4 Å². The van der Waals surface area contributed by atoms with Crippen LogP contribution in [0.1, 0.15) is 19.3 Å². The molecule has 0 aromatic rings. The van der Waals surface area contributed by atoms with E-state index < -0.39 is 0 Å². The number of carbonyl (C=O) groups excluding carboxylic acids is 2. The van der Waals surface area contributed by atoms with Crippen molar-refractivity contribution in [3.63, 3.8) is 0 Å². The second kappa shape index (κ2) is 9.79. The lowest BCUT2D eigenvalue weighted by molar-refractivity contribution is -0.122. The molecule has 0 aliphatic carbocycles. The Morgan fingerprint density at radius 3 is 2.07 bits per heavy atom. The lowest BCUT2D eigenvalue weighted by atomic mass is 10.2. The second-order valence-corrected chi connectivity index (χ2v) is 3.45. The quantitative estimate of drug-likeness (QED) is 0.420. The van der Waals surface area contributed by atoms with E-state index in [2.05, 4.69) is 23.3 Å². The summed E-state index contributed by atoms with van der Waals surface area (Å²) in [6.45, 7) is 0.761. The third kappa shape index (κ3) is 9.55. The fourth-order valence-electron chi connectivity index (χ4n) is 0.977. The summed E-state index contributed by atoms with van der Waals surface area (Å²) in [6.07, 6.45) is 1.18. The zero-order valence-electron chi connectivity index (χ0n) is 8.66. The van der Waals surface area contributed by atoms with Gasteiger partial charge >= 0.3 is 0 Å². The fraction of sp³-hybridized carbons (Fsp3) is 0.778. The van der Waals surface area contributed by atoms with Gasteiger partial charge in [-0.15, -0.1) is 0 Å². The Morgan fingerprint density at radius 1 is 1.07 bits per heavy atom. The van der Waals surface area contributed by atoms with Gasteiger partial charge < -0.3 is 15.7 Å². The van der Waals surface area contributed by atoms with Gasteiger partial charge in [0, 0.05) is 31.7 Å². The molecule has 0 rings (SSSR count). The van der Waals surface area contributed by atoms with E-state index in [0.29, 0.717) is 31.6 Å². The highest BCUT2D eigenvalue weighted by Gasteiger charge is 2.03. The van der Waals surface area contributed by atoms with Crippen LogP contribution in [0.5, 0.6) is 0 Å². The molecule has 0 saturated heterocycles. The summed E-state index contributed by atoms with van der Waals surface area (Å²) in [4.78, 5) is 22.1. The van der Waals surface area contributed by atoms with Crippen molar-refractivity contribution in [2.45, 2.75) is 19.3 Å². The van der Waals surface area contributed by atoms with Gasteiger partial charge in [0.05, 0.1) is 6.61 Å². The van der Waals surface area contributed by atoms with E-state index in [1.165, 1.54) is 0 Å². The minimum Gasteiger partial charge on any atom is -0.395 e. The Kier molecular flexibility index (Phi) is 9.30. The van der Waals surface area contributed by atoms with Crippen LogP contribution in [0, 0.1) is 0 Å².